The number of carboxylic acid groups (broad SMARTS) is 2. The third kappa shape index (κ3) is 10.9. The number of fused-ring (bicyclic) bond motifs is 1. The van der Waals surface area contributed by atoms with Gasteiger partial charge in [-0.15, -0.1) is 0 Å². The van der Waals surface area contributed by atoms with Gasteiger partial charge in [-0.05, 0) is 53.9 Å². The Labute approximate surface area is 250 Å². The molecule has 1 aromatic heterocycles. The Hall–Kier alpha value is -4.98. The average Bonchev–Trinajstić information content (AvgIpc) is 3.26. The highest BCUT2D eigenvalue weighted by Gasteiger charge is 2.39. The third-order valence-corrected chi connectivity index (χ3v) is 7.09. The number of hydrogen-bond acceptors (Lipinski definition) is 9. The van der Waals surface area contributed by atoms with Gasteiger partial charge in [0, 0.05) is 18.5 Å². The quantitative estimate of drug-likeness (QED) is 0.112. The van der Waals surface area contributed by atoms with Gasteiger partial charge < -0.3 is 26.7 Å². The molecular formula is C25H24F6N6O7S. The number of benzene rings is 2. The van der Waals surface area contributed by atoms with Crippen LogP contribution in [0.1, 0.15) is 17.5 Å². The number of halogens is 6. The van der Waals surface area contributed by atoms with Crippen LogP contribution in [0, 0.1) is 0 Å². The number of alkyl halides is 6. The van der Waals surface area contributed by atoms with Crippen LogP contribution < -0.4 is 16.3 Å². The molecule has 1 fully saturated rings. The minimum Gasteiger partial charge on any atom is -0.475 e. The molecule has 1 aliphatic rings. The summed E-state index contributed by atoms with van der Waals surface area (Å²) in [5.74, 6) is -0.218. The first-order chi connectivity index (χ1) is 20.7. The molecule has 0 aliphatic carbocycles. The normalized spacial score (nSPS) is 15.3. The Bertz CT molecular complexity index is 1660. The summed E-state index contributed by atoms with van der Waals surface area (Å²) in [6, 6.07) is 14.6. The molecule has 0 saturated carbocycles. The number of pyridine rings is 1. The molecule has 0 spiro atoms. The molecule has 1 saturated heterocycles. The second kappa shape index (κ2) is 14.7. The summed E-state index contributed by atoms with van der Waals surface area (Å²) in [4.78, 5) is 36.5. The summed E-state index contributed by atoms with van der Waals surface area (Å²) in [7, 11) is -3.88. The molecular weight excluding hydrogens is 642 g/mol. The number of nitrogen functional groups attached to an aromatic ring is 1. The number of anilines is 1. The van der Waals surface area contributed by atoms with Crippen molar-refractivity contribution in [3.63, 3.8) is 0 Å². The number of likely N-dealkylation sites (tertiary alicyclic amines) is 1. The van der Waals surface area contributed by atoms with Gasteiger partial charge in [-0.3, -0.25) is 4.79 Å². The minimum atomic E-state index is -5.08. The van der Waals surface area contributed by atoms with E-state index in [-0.39, 0.29) is 10.8 Å². The fourth-order valence-corrected chi connectivity index (χ4v) is 4.88. The number of hydrogen-bond donors (Lipinski definition) is 5. The standard InChI is InChI=1S/C21H22N6O3S.2C2HF3O2/c22-20-7-4-16-11-17(5-6-18(16)25-20)31(29,30)26-19-8-9-27(21(19)28)13-15-3-1-2-14(10-15)12-24-23;2*3-2(4,5)1(6)7/h1-7,10-12,19,26H,8-9,13,23H2,(H2,22,25);2*(H,6,7)/t19-;;/m0../s1. The van der Waals surface area contributed by atoms with E-state index in [1.165, 1.54) is 18.3 Å². The predicted molar refractivity (Wildman–Crippen MR) is 146 cm³/mol. The van der Waals surface area contributed by atoms with E-state index in [0.717, 1.165) is 11.1 Å². The minimum absolute atomic E-state index is 0.0756. The zero-order valence-electron chi connectivity index (χ0n) is 22.6. The van der Waals surface area contributed by atoms with E-state index in [1.807, 2.05) is 24.3 Å². The van der Waals surface area contributed by atoms with Crippen molar-refractivity contribution in [1.82, 2.24) is 14.6 Å². The van der Waals surface area contributed by atoms with Crippen LogP contribution in [0.4, 0.5) is 32.2 Å². The number of nitrogens with zero attached hydrogens (tertiary/aromatic N) is 3. The lowest BCUT2D eigenvalue weighted by molar-refractivity contribution is -0.193. The van der Waals surface area contributed by atoms with Crippen molar-refractivity contribution in [3.05, 3.63) is 65.7 Å². The highest BCUT2D eigenvalue weighted by atomic mass is 32.2. The second-order valence-electron chi connectivity index (χ2n) is 8.94. The molecule has 0 unspecified atom stereocenters. The first kappa shape index (κ1) is 36.2. The average molecular weight is 667 g/mol. The second-order valence-corrected chi connectivity index (χ2v) is 10.7. The fraction of sp³-hybridized carbons (Fsp3) is 0.240. The van der Waals surface area contributed by atoms with Crippen molar-refractivity contribution in [1.29, 1.82) is 0 Å². The van der Waals surface area contributed by atoms with Crippen molar-refractivity contribution in [2.75, 3.05) is 12.3 Å². The molecule has 45 heavy (non-hydrogen) atoms. The van der Waals surface area contributed by atoms with E-state index < -0.39 is 40.4 Å². The van der Waals surface area contributed by atoms with E-state index >= 15 is 0 Å². The highest BCUT2D eigenvalue weighted by Crippen LogP contribution is 2.22. The number of carbonyl (C=O) groups is 3. The summed E-state index contributed by atoms with van der Waals surface area (Å²) in [6.07, 6.45) is -8.24. The number of carbonyl (C=O) groups excluding carboxylic acids is 1. The van der Waals surface area contributed by atoms with Crippen LogP contribution in [0.3, 0.4) is 0 Å². The van der Waals surface area contributed by atoms with Gasteiger partial charge in [-0.1, -0.05) is 18.2 Å². The number of rotatable bonds is 6. The smallest absolute Gasteiger partial charge is 0.475 e. The molecule has 0 radical (unpaired) electrons. The fourth-order valence-electron chi connectivity index (χ4n) is 3.63. The van der Waals surface area contributed by atoms with Crippen molar-refractivity contribution < 1.29 is 59.4 Å². The zero-order valence-corrected chi connectivity index (χ0v) is 23.4. The zero-order chi connectivity index (χ0) is 34.2. The van der Waals surface area contributed by atoms with Gasteiger partial charge >= 0.3 is 24.3 Å². The number of amides is 1. The van der Waals surface area contributed by atoms with Crippen molar-refractivity contribution in [2.24, 2.45) is 10.9 Å². The molecule has 1 atom stereocenters. The Morgan fingerprint density at radius 1 is 1.02 bits per heavy atom. The van der Waals surface area contributed by atoms with Gasteiger partial charge in [0.15, 0.2) is 0 Å². The van der Waals surface area contributed by atoms with Crippen LogP contribution >= 0.6 is 0 Å². The monoisotopic (exact) mass is 666 g/mol. The van der Waals surface area contributed by atoms with Crippen molar-refractivity contribution in [3.8, 4) is 0 Å². The lowest BCUT2D eigenvalue weighted by Gasteiger charge is -2.17. The van der Waals surface area contributed by atoms with E-state index in [9.17, 15) is 39.6 Å². The molecule has 20 heteroatoms. The van der Waals surface area contributed by atoms with Crippen LogP contribution in [0.5, 0.6) is 0 Å². The number of aromatic nitrogens is 1. The first-order valence-electron chi connectivity index (χ1n) is 12.1. The van der Waals surface area contributed by atoms with Gasteiger partial charge in [-0.2, -0.15) is 36.2 Å². The van der Waals surface area contributed by atoms with Crippen LogP contribution in [0.2, 0.25) is 0 Å². The maximum atomic E-state index is 12.9. The molecule has 3 aromatic rings. The van der Waals surface area contributed by atoms with Crippen LogP contribution in [0.15, 0.2) is 64.6 Å². The molecule has 1 aliphatic heterocycles. The number of nitrogens with one attached hydrogen (secondary N) is 1. The molecule has 4 rings (SSSR count). The van der Waals surface area contributed by atoms with E-state index in [1.54, 1.807) is 23.1 Å². The Kier molecular flexibility index (Phi) is 11.8. The third-order valence-electron chi connectivity index (χ3n) is 5.62. The van der Waals surface area contributed by atoms with E-state index in [2.05, 4.69) is 14.8 Å². The first-order valence-corrected chi connectivity index (χ1v) is 13.6. The molecule has 244 valence electrons. The van der Waals surface area contributed by atoms with Gasteiger partial charge in [0.05, 0.1) is 16.6 Å². The molecule has 2 heterocycles. The molecule has 0 bridgehead atoms. The Morgan fingerprint density at radius 3 is 2.18 bits per heavy atom. The van der Waals surface area contributed by atoms with E-state index in [4.69, 9.17) is 31.4 Å². The maximum Gasteiger partial charge on any atom is 0.490 e. The number of hydrazone groups is 1. The van der Waals surface area contributed by atoms with Gasteiger partial charge in [-0.25, -0.2) is 23.0 Å². The summed E-state index contributed by atoms with van der Waals surface area (Å²) >= 11 is 0. The number of aliphatic carboxylic acids is 2. The summed E-state index contributed by atoms with van der Waals surface area (Å²) < 4.78 is 91.8. The summed E-state index contributed by atoms with van der Waals surface area (Å²) in [5, 5.41) is 18.4. The summed E-state index contributed by atoms with van der Waals surface area (Å²) in [6.45, 7) is 0.842. The summed E-state index contributed by atoms with van der Waals surface area (Å²) in [5.41, 5.74) is 8.01. The van der Waals surface area contributed by atoms with Gasteiger partial charge in [0.25, 0.3) is 0 Å². The SMILES string of the molecule is NN=Cc1cccc(CN2CC[C@H](NS(=O)(=O)c3ccc4nc(N)ccc4c3)C2=O)c1.O=C(O)C(F)(F)F.O=C(O)C(F)(F)F. The van der Waals surface area contributed by atoms with Crippen molar-refractivity contribution in [2.45, 2.75) is 36.3 Å². The number of carboxylic acids is 2. The highest BCUT2D eigenvalue weighted by molar-refractivity contribution is 7.89. The van der Waals surface area contributed by atoms with Crippen LogP contribution in [-0.4, -0.2) is 77.5 Å². The Morgan fingerprint density at radius 2 is 1.62 bits per heavy atom. The lowest BCUT2D eigenvalue weighted by atomic mass is 10.1. The van der Waals surface area contributed by atoms with Crippen LogP contribution in [-0.2, 0) is 31.0 Å². The lowest BCUT2D eigenvalue weighted by Crippen LogP contribution is -2.41. The van der Waals surface area contributed by atoms with Crippen molar-refractivity contribution >= 4 is 50.8 Å². The Balaban J connectivity index is 0.000000421. The number of sulfonamides is 1. The molecule has 13 nitrogen and oxygen atoms in total. The molecule has 1 amide bonds. The van der Waals surface area contributed by atoms with E-state index in [0.29, 0.717) is 36.2 Å². The molecule has 7 N–H and O–H groups in total. The molecule has 2 aromatic carbocycles. The van der Waals surface area contributed by atoms with Crippen LogP contribution in [0.25, 0.3) is 10.9 Å². The number of nitrogens with two attached hydrogens (primary N) is 2. The van der Waals surface area contributed by atoms with Gasteiger partial charge in [0.2, 0.25) is 15.9 Å². The topological polar surface area (TPSA) is 218 Å². The predicted octanol–water partition coefficient (Wildman–Crippen LogP) is 2.46. The maximum absolute atomic E-state index is 12.9. The van der Waals surface area contributed by atoms with Gasteiger partial charge in [0.1, 0.15) is 11.9 Å². The largest absolute Gasteiger partial charge is 0.490 e.